The third-order valence-electron chi connectivity index (χ3n) is 2.81. The van der Waals surface area contributed by atoms with Gasteiger partial charge < -0.3 is 0 Å². The highest BCUT2D eigenvalue weighted by molar-refractivity contribution is 5.81. The monoisotopic (exact) mass is 186 g/mol. The summed E-state index contributed by atoms with van der Waals surface area (Å²) in [4.78, 5) is 11.4. The van der Waals surface area contributed by atoms with E-state index >= 15 is 0 Å². The van der Waals surface area contributed by atoms with E-state index in [0.717, 1.165) is 6.42 Å². The molecule has 1 aliphatic rings. The second-order valence-corrected chi connectivity index (χ2v) is 3.84. The number of benzene rings is 1. The van der Waals surface area contributed by atoms with Gasteiger partial charge >= 0.3 is 0 Å². The molecule has 0 bridgehead atoms. The number of allylic oxidation sites excluding steroid dienone is 1. The smallest absolute Gasteiger partial charge is 0.137 e. The molecule has 0 fully saturated rings. The van der Waals surface area contributed by atoms with E-state index in [2.05, 4.69) is 24.8 Å². The number of Topliss-reactive ketones (excluding diaryl/α,β-unsaturated/α-hetero) is 1. The Kier molecular flexibility index (Phi) is 2.49. The summed E-state index contributed by atoms with van der Waals surface area (Å²) in [6, 6.07) is 8.37. The van der Waals surface area contributed by atoms with Crippen LogP contribution in [0.25, 0.3) is 0 Å². The second-order valence-electron chi connectivity index (χ2n) is 3.84. The first-order valence-corrected chi connectivity index (χ1v) is 5.01. The van der Waals surface area contributed by atoms with Crippen LogP contribution in [-0.4, -0.2) is 5.78 Å². The lowest BCUT2D eigenvalue weighted by molar-refractivity contribution is -0.118. The molecule has 0 aliphatic heterocycles. The average Bonchev–Trinajstić information content (AvgIpc) is 2.15. The number of rotatable bonds is 4. The molecule has 0 saturated heterocycles. The first-order valence-electron chi connectivity index (χ1n) is 5.01. The van der Waals surface area contributed by atoms with E-state index in [9.17, 15) is 4.79 Å². The highest BCUT2D eigenvalue weighted by atomic mass is 16.1. The van der Waals surface area contributed by atoms with Crippen molar-refractivity contribution in [3.63, 3.8) is 0 Å². The van der Waals surface area contributed by atoms with Gasteiger partial charge in [-0.2, -0.15) is 0 Å². The van der Waals surface area contributed by atoms with Gasteiger partial charge in [-0.05, 0) is 23.5 Å². The summed E-state index contributed by atoms with van der Waals surface area (Å²) >= 11 is 0. The van der Waals surface area contributed by atoms with Crippen molar-refractivity contribution in [2.45, 2.75) is 25.2 Å². The van der Waals surface area contributed by atoms with Gasteiger partial charge in [0.05, 0.1) is 0 Å². The van der Waals surface area contributed by atoms with Gasteiger partial charge in [0.25, 0.3) is 0 Å². The molecule has 1 aliphatic carbocycles. The zero-order chi connectivity index (χ0) is 9.97. The summed E-state index contributed by atoms with van der Waals surface area (Å²) in [7, 11) is 0. The Morgan fingerprint density at radius 1 is 1.50 bits per heavy atom. The molecule has 1 aromatic rings. The van der Waals surface area contributed by atoms with Crippen molar-refractivity contribution >= 4 is 5.78 Å². The van der Waals surface area contributed by atoms with Crippen molar-refractivity contribution in [2.24, 2.45) is 0 Å². The highest BCUT2D eigenvalue weighted by Crippen LogP contribution is 2.37. The fourth-order valence-electron chi connectivity index (χ4n) is 2.06. The lowest BCUT2D eigenvalue weighted by atomic mass is 9.75. The summed E-state index contributed by atoms with van der Waals surface area (Å²) < 4.78 is 0. The van der Waals surface area contributed by atoms with Gasteiger partial charge in [0.1, 0.15) is 5.78 Å². The first-order chi connectivity index (χ1) is 6.81. The van der Waals surface area contributed by atoms with Crippen molar-refractivity contribution < 1.29 is 4.79 Å². The van der Waals surface area contributed by atoms with E-state index in [1.54, 1.807) is 6.08 Å². The zero-order valence-corrected chi connectivity index (χ0v) is 8.20. The molecule has 1 unspecified atom stereocenters. The maximum Gasteiger partial charge on any atom is 0.137 e. The lowest BCUT2D eigenvalue weighted by Crippen LogP contribution is -2.19. The fraction of sp³-hybridized carbons (Fsp3) is 0.308. The number of carbonyl (C=O) groups is 1. The Labute approximate surface area is 84.5 Å². The standard InChI is InChI=1S/C13H14O/c1-2-5-12(14)9-11-8-10-6-3-4-7-13(10)11/h2-4,6-7,11H,1,5,8-9H2. The number of hydrogen-bond donors (Lipinski definition) is 0. The van der Waals surface area contributed by atoms with Crippen LogP contribution in [0.1, 0.15) is 29.9 Å². The zero-order valence-electron chi connectivity index (χ0n) is 8.20. The predicted molar refractivity (Wildman–Crippen MR) is 57.3 cm³/mol. The fourth-order valence-corrected chi connectivity index (χ4v) is 2.06. The van der Waals surface area contributed by atoms with Gasteiger partial charge in [-0.1, -0.05) is 30.3 Å². The molecule has 0 radical (unpaired) electrons. The van der Waals surface area contributed by atoms with Crippen LogP contribution in [0.3, 0.4) is 0 Å². The van der Waals surface area contributed by atoms with Crippen LogP contribution in [-0.2, 0) is 11.2 Å². The molecule has 0 amide bonds. The van der Waals surface area contributed by atoms with Gasteiger partial charge in [0, 0.05) is 12.8 Å². The van der Waals surface area contributed by atoms with E-state index in [1.165, 1.54) is 11.1 Å². The second kappa shape index (κ2) is 3.79. The Morgan fingerprint density at radius 3 is 3.00 bits per heavy atom. The van der Waals surface area contributed by atoms with Crippen LogP contribution in [0.5, 0.6) is 0 Å². The molecule has 72 valence electrons. The summed E-state index contributed by atoms with van der Waals surface area (Å²) in [6.45, 7) is 3.58. The molecule has 1 atom stereocenters. The van der Waals surface area contributed by atoms with E-state index < -0.39 is 0 Å². The van der Waals surface area contributed by atoms with E-state index in [4.69, 9.17) is 0 Å². The average molecular weight is 186 g/mol. The molecule has 0 spiro atoms. The Hall–Kier alpha value is -1.37. The van der Waals surface area contributed by atoms with E-state index in [1.807, 2.05) is 6.07 Å². The normalized spacial score (nSPS) is 18.1. The van der Waals surface area contributed by atoms with Crippen molar-refractivity contribution in [2.75, 3.05) is 0 Å². The minimum Gasteiger partial charge on any atom is -0.299 e. The molecule has 1 heteroatoms. The van der Waals surface area contributed by atoms with Gasteiger partial charge in [0.2, 0.25) is 0 Å². The van der Waals surface area contributed by atoms with E-state index in [-0.39, 0.29) is 0 Å². The van der Waals surface area contributed by atoms with Gasteiger partial charge in [-0.15, -0.1) is 6.58 Å². The highest BCUT2D eigenvalue weighted by Gasteiger charge is 2.26. The summed E-state index contributed by atoms with van der Waals surface area (Å²) in [6.07, 6.45) is 3.95. The van der Waals surface area contributed by atoms with Gasteiger partial charge in [-0.25, -0.2) is 0 Å². The van der Waals surface area contributed by atoms with Gasteiger partial charge in [-0.3, -0.25) is 4.79 Å². The van der Waals surface area contributed by atoms with Crippen LogP contribution in [0, 0.1) is 0 Å². The molecule has 14 heavy (non-hydrogen) atoms. The van der Waals surface area contributed by atoms with Crippen LogP contribution < -0.4 is 0 Å². The first kappa shape index (κ1) is 9.20. The summed E-state index contributed by atoms with van der Waals surface area (Å²) in [5, 5.41) is 0. The number of carbonyl (C=O) groups excluding carboxylic acids is 1. The summed E-state index contributed by atoms with van der Waals surface area (Å²) in [5.41, 5.74) is 2.77. The van der Waals surface area contributed by atoms with Crippen molar-refractivity contribution in [3.8, 4) is 0 Å². The summed E-state index contributed by atoms with van der Waals surface area (Å²) in [5.74, 6) is 0.776. The molecular weight excluding hydrogens is 172 g/mol. The molecule has 1 nitrogen and oxygen atoms in total. The Morgan fingerprint density at radius 2 is 2.29 bits per heavy atom. The Bertz CT molecular complexity index is 365. The van der Waals surface area contributed by atoms with Crippen molar-refractivity contribution in [3.05, 3.63) is 48.0 Å². The maximum atomic E-state index is 11.4. The van der Waals surface area contributed by atoms with Crippen molar-refractivity contribution in [1.82, 2.24) is 0 Å². The lowest BCUT2D eigenvalue weighted by Gasteiger charge is -2.29. The number of ketones is 1. The number of fused-ring (bicyclic) bond motifs is 1. The minimum atomic E-state index is 0.305. The quantitative estimate of drug-likeness (QED) is 0.661. The van der Waals surface area contributed by atoms with Crippen molar-refractivity contribution in [1.29, 1.82) is 0 Å². The molecule has 0 heterocycles. The predicted octanol–water partition coefficient (Wildman–Crippen LogP) is 2.86. The van der Waals surface area contributed by atoms with Crippen LogP contribution >= 0.6 is 0 Å². The SMILES string of the molecule is C=CCC(=O)CC1Cc2ccccc21. The molecule has 0 saturated carbocycles. The van der Waals surface area contributed by atoms with Crippen LogP contribution in [0.2, 0.25) is 0 Å². The topological polar surface area (TPSA) is 17.1 Å². The van der Waals surface area contributed by atoms with E-state index in [0.29, 0.717) is 24.5 Å². The molecule has 2 rings (SSSR count). The minimum absolute atomic E-state index is 0.305. The Balaban J connectivity index is 1.99. The molecular formula is C13H14O. The molecule has 1 aromatic carbocycles. The number of hydrogen-bond acceptors (Lipinski definition) is 1. The van der Waals surface area contributed by atoms with Crippen LogP contribution in [0.15, 0.2) is 36.9 Å². The largest absolute Gasteiger partial charge is 0.299 e. The molecule has 0 aromatic heterocycles. The molecule has 0 N–H and O–H groups in total. The van der Waals surface area contributed by atoms with Gasteiger partial charge in [0.15, 0.2) is 0 Å². The third-order valence-corrected chi connectivity index (χ3v) is 2.81. The third kappa shape index (κ3) is 1.63. The maximum absolute atomic E-state index is 11.4. The van der Waals surface area contributed by atoms with Crippen LogP contribution in [0.4, 0.5) is 0 Å².